The van der Waals surface area contributed by atoms with Gasteiger partial charge in [0.25, 0.3) is 0 Å². The van der Waals surface area contributed by atoms with Crippen molar-refractivity contribution in [3.63, 3.8) is 0 Å². The van der Waals surface area contributed by atoms with Gasteiger partial charge in [0.1, 0.15) is 5.60 Å². The molecule has 6 aliphatic rings. The van der Waals surface area contributed by atoms with Crippen molar-refractivity contribution in [1.82, 2.24) is 0 Å². The van der Waals surface area contributed by atoms with E-state index in [0.717, 1.165) is 70.6 Å². The van der Waals surface area contributed by atoms with Crippen molar-refractivity contribution in [3.8, 4) is 0 Å². The lowest BCUT2D eigenvalue weighted by molar-refractivity contribution is -0.305. The third-order valence-electron chi connectivity index (χ3n) is 12.9. The Bertz CT molecular complexity index is 823. The van der Waals surface area contributed by atoms with Crippen molar-refractivity contribution in [2.45, 2.75) is 141 Å². The van der Waals surface area contributed by atoms with Crippen LogP contribution in [0.5, 0.6) is 0 Å². The highest BCUT2D eigenvalue weighted by molar-refractivity contribution is 5.22. The lowest BCUT2D eigenvalue weighted by Crippen LogP contribution is -2.62. The summed E-state index contributed by atoms with van der Waals surface area (Å²) in [5.74, 6) is 0.832. The van der Waals surface area contributed by atoms with Crippen molar-refractivity contribution >= 4 is 0 Å². The van der Waals surface area contributed by atoms with Gasteiger partial charge in [-0.1, -0.05) is 27.7 Å². The molecule has 6 fully saturated rings. The second kappa shape index (κ2) is 7.43. The highest BCUT2D eigenvalue weighted by Gasteiger charge is 2.76. The van der Waals surface area contributed by atoms with Crippen molar-refractivity contribution in [1.29, 1.82) is 0 Å². The van der Waals surface area contributed by atoms with E-state index >= 15 is 0 Å². The Kier molecular flexibility index (Phi) is 5.28. The van der Waals surface area contributed by atoms with Gasteiger partial charge in [-0.25, -0.2) is 0 Å². The van der Waals surface area contributed by atoms with Crippen LogP contribution in [0.4, 0.5) is 0 Å². The lowest BCUT2D eigenvalue weighted by atomic mass is 9.43. The van der Waals surface area contributed by atoms with Crippen LogP contribution < -0.4 is 0 Å². The third kappa shape index (κ3) is 2.85. The van der Waals surface area contributed by atoms with Crippen molar-refractivity contribution in [2.75, 3.05) is 0 Å². The van der Waals surface area contributed by atoms with Crippen LogP contribution in [0.1, 0.15) is 105 Å². The van der Waals surface area contributed by atoms with Crippen LogP contribution in [0.15, 0.2) is 0 Å². The first-order chi connectivity index (χ1) is 16.0. The number of rotatable bonds is 2. The quantitative estimate of drug-likeness (QED) is 0.533. The molecule has 2 aliphatic heterocycles. The van der Waals surface area contributed by atoms with Crippen molar-refractivity contribution in [2.24, 2.45) is 40.4 Å². The van der Waals surface area contributed by atoms with Gasteiger partial charge in [-0.15, -0.1) is 0 Å². The van der Waals surface area contributed by atoms with Gasteiger partial charge in [0.15, 0.2) is 5.79 Å². The average Bonchev–Trinajstić information content (AvgIpc) is 3.37. The van der Waals surface area contributed by atoms with Crippen LogP contribution in [-0.2, 0) is 9.47 Å². The molecule has 0 aromatic carbocycles. The lowest BCUT2D eigenvalue weighted by Gasteiger charge is -2.63. The van der Waals surface area contributed by atoms with Crippen LogP contribution in [0.3, 0.4) is 0 Å². The minimum atomic E-state index is -1.06. The highest BCUT2D eigenvalue weighted by Crippen LogP contribution is 2.72. The van der Waals surface area contributed by atoms with Crippen LogP contribution in [0.25, 0.3) is 0 Å². The van der Waals surface area contributed by atoms with Crippen molar-refractivity contribution < 1.29 is 24.8 Å². The summed E-state index contributed by atoms with van der Waals surface area (Å²) in [6.45, 7) is 11.1. The molecule has 3 N–H and O–H groups in total. The summed E-state index contributed by atoms with van der Waals surface area (Å²) in [4.78, 5) is 0. The Balaban J connectivity index is 1.32. The molecule has 5 heteroatoms. The van der Waals surface area contributed by atoms with Gasteiger partial charge in [0, 0.05) is 12.3 Å². The maximum atomic E-state index is 12.2. The smallest absolute Gasteiger partial charge is 0.198 e. The fourth-order valence-corrected chi connectivity index (χ4v) is 11.1. The number of fused-ring (bicyclic) bond motifs is 7. The van der Waals surface area contributed by atoms with E-state index in [0.29, 0.717) is 23.7 Å². The zero-order valence-corrected chi connectivity index (χ0v) is 22.1. The SMILES string of the molecule is CCC1(CC)CC[C@@]2(O[C@H]3C[C@H]4[C@@H]5CC[C@H]6C[C@H](O)CC[C@]6(C)[C@H]5[C@@H](O)C[C@]4(C)[C@H]3[C@@]2(C)O)O1. The first kappa shape index (κ1) is 24.2. The zero-order chi connectivity index (χ0) is 24.3. The summed E-state index contributed by atoms with van der Waals surface area (Å²) in [7, 11) is 0. The molecular formula is C29H48O5. The van der Waals surface area contributed by atoms with Gasteiger partial charge < -0.3 is 24.8 Å². The van der Waals surface area contributed by atoms with E-state index in [4.69, 9.17) is 9.47 Å². The molecule has 0 unspecified atom stereocenters. The molecule has 2 saturated heterocycles. The van der Waals surface area contributed by atoms with E-state index in [1.807, 2.05) is 6.92 Å². The average molecular weight is 477 g/mol. The normalized spacial score (nSPS) is 60.0. The minimum absolute atomic E-state index is 0.000769. The second-order valence-corrected chi connectivity index (χ2v) is 14.0. The van der Waals surface area contributed by atoms with Crippen molar-refractivity contribution in [3.05, 3.63) is 0 Å². The molecule has 0 radical (unpaired) electrons. The molecule has 6 rings (SSSR count). The first-order valence-corrected chi connectivity index (χ1v) is 14.4. The van der Waals surface area contributed by atoms with Crippen LogP contribution in [0, 0.1) is 40.4 Å². The van der Waals surface area contributed by atoms with E-state index in [-0.39, 0.29) is 40.7 Å². The predicted molar refractivity (Wildman–Crippen MR) is 130 cm³/mol. The Morgan fingerprint density at radius 1 is 0.882 bits per heavy atom. The van der Waals surface area contributed by atoms with E-state index < -0.39 is 11.4 Å². The Hall–Kier alpha value is -0.200. The predicted octanol–water partition coefficient (Wildman–Crippen LogP) is 4.80. The number of aliphatic hydroxyl groups excluding tert-OH is 2. The van der Waals surface area contributed by atoms with Gasteiger partial charge in [-0.2, -0.15) is 0 Å². The molecule has 1 spiro atoms. The Morgan fingerprint density at radius 2 is 1.62 bits per heavy atom. The molecule has 194 valence electrons. The Labute approximate surface area is 206 Å². The van der Waals surface area contributed by atoms with Gasteiger partial charge in [-0.3, -0.25) is 0 Å². The maximum Gasteiger partial charge on any atom is 0.198 e. The van der Waals surface area contributed by atoms with E-state index in [9.17, 15) is 15.3 Å². The summed E-state index contributed by atoms with van der Waals surface area (Å²) in [6.07, 6.45) is 9.85. The van der Waals surface area contributed by atoms with Gasteiger partial charge >= 0.3 is 0 Å². The fourth-order valence-electron chi connectivity index (χ4n) is 11.1. The molecule has 2 heterocycles. The molecule has 34 heavy (non-hydrogen) atoms. The summed E-state index contributed by atoms with van der Waals surface area (Å²) in [6, 6.07) is 0. The summed E-state index contributed by atoms with van der Waals surface area (Å²) >= 11 is 0. The minimum Gasteiger partial charge on any atom is -0.393 e. The van der Waals surface area contributed by atoms with Crippen LogP contribution in [0.2, 0.25) is 0 Å². The van der Waals surface area contributed by atoms with Gasteiger partial charge in [0.05, 0.1) is 23.9 Å². The molecule has 4 aliphatic carbocycles. The largest absolute Gasteiger partial charge is 0.393 e. The molecule has 12 atom stereocenters. The Morgan fingerprint density at radius 3 is 2.29 bits per heavy atom. The van der Waals surface area contributed by atoms with Crippen LogP contribution in [-0.4, -0.2) is 50.6 Å². The standard InChI is InChI=1S/C29H48O5/c1-6-28(7-2)12-13-29(34-28)27(5,32)24-22(33-29)15-20-19-9-8-17-14-18(30)10-11-25(17,3)23(19)21(31)16-26(20,24)4/h17-24,30-32H,6-16H2,1-5H3/t17-,18+,19-,20-,21-,22-,23+,24-,25-,26-,27+,29+/m0/s1. The molecule has 0 bridgehead atoms. The molecular weight excluding hydrogens is 428 g/mol. The number of ether oxygens (including phenoxy) is 2. The van der Waals surface area contributed by atoms with E-state index in [1.54, 1.807) is 0 Å². The molecule has 5 nitrogen and oxygen atoms in total. The summed E-state index contributed by atoms with van der Waals surface area (Å²) in [5, 5.41) is 34.3. The van der Waals surface area contributed by atoms with Gasteiger partial charge in [0.2, 0.25) is 0 Å². The number of hydrogen-bond acceptors (Lipinski definition) is 5. The van der Waals surface area contributed by atoms with Gasteiger partial charge in [-0.05, 0) is 106 Å². The summed E-state index contributed by atoms with van der Waals surface area (Å²) in [5.41, 5.74) is -1.29. The maximum absolute atomic E-state index is 12.2. The van der Waals surface area contributed by atoms with Crippen LogP contribution >= 0.6 is 0 Å². The molecule has 4 saturated carbocycles. The second-order valence-electron chi connectivity index (χ2n) is 14.0. The zero-order valence-electron chi connectivity index (χ0n) is 22.1. The summed E-state index contributed by atoms with van der Waals surface area (Å²) < 4.78 is 13.6. The first-order valence-electron chi connectivity index (χ1n) is 14.4. The molecule has 0 aromatic heterocycles. The van der Waals surface area contributed by atoms with E-state index in [2.05, 4.69) is 27.7 Å². The monoisotopic (exact) mass is 476 g/mol. The highest BCUT2D eigenvalue weighted by atomic mass is 16.7. The fraction of sp³-hybridized carbons (Fsp3) is 1.00. The number of hydrogen-bond donors (Lipinski definition) is 3. The third-order valence-corrected chi connectivity index (χ3v) is 12.9. The molecule has 0 amide bonds. The topological polar surface area (TPSA) is 79.2 Å². The molecule has 0 aromatic rings. The van der Waals surface area contributed by atoms with E-state index in [1.165, 1.54) is 0 Å². The number of aliphatic hydroxyl groups is 3.